The van der Waals surface area contributed by atoms with Crippen LogP contribution in [-0.4, -0.2) is 43.5 Å². The molecule has 0 bridgehead atoms. The van der Waals surface area contributed by atoms with Crippen LogP contribution in [0.5, 0.6) is 5.75 Å². The molecule has 0 saturated carbocycles. The largest absolute Gasteiger partial charge is 0.494 e. The second-order valence-corrected chi connectivity index (χ2v) is 10.3. The van der Waals surface area contributed by atoms with Crippen LogP contribution in [0.4, 0.5) is 5.69 Å². The number of para-hydroxylation sites is 1. The van der Waals surface area contributed by atoms with Gasteiger partial charge in [0.2, 0.25) is 0 Å². The average Bonchev–Trinajstić information content (AvgIpc) is 3.22. The number of rotatable bonds is 10. The molecule has 0 aliphatic heterocycles. The van der Waals surface area contributed by atoms with E-state index in [0.717, 1.165) is 15.7 Å². The van der Waals surface area contributed by atoms with Crippen LogP contribution in [0.2, 0.25) is 5.15 Å². The van der Waals surface area contributed by atoms with Crippen molar-refractivity contribution < 1.29 is 17.9 Å². The highest BCUT2D eigenvalue weighted by Crippen LogP contribution is 2.26. The number of carbonyl (C=O) groups excluding carboxylic acids is 1. The molecule has 4 aromatic rings. The van der Waals surface area contributed by atoms with E-state index in [1.54, 1.807) is 47.1 Å². The molecular formula is C27H26ClN5O4S. The fraction of sp³-hybridized carbons (Fsp3) is 0.148. The third-order valence-corrected chi connectivity index (χ3v) is 7.62. The quantitative estimate of drug-likeness (QED) is 0.229. The average molecular weight is 552 g/mol. The number of hydrogen-bond donors (Lipinski definition) is 1. The first kappa shape index (κ1) is 26.9. The lowest BCUT2D eigenvalue weighted by molar-refractivity contribution is -0.119. The molecule has 0 atom stereocenters. The third kappa shape index (κ3) is 6.04. The molecule has 0 fully saturated rings. The number of hydrazone groups is 1. The molecule has 1 amide bonds. The molecule has 9 nitrogen and oxygen atoms in total. The summed E-state index contributed by atoms with van der Waals surface area (Å²) in [4.78, 5) is 12.9. The SMILES string of the molecule is CCOc1ccc(N(CC(=O)N/N=C\c2c(Cl)nn(-c3ccccc3)c2C)S(=O)(=O)c2ccccc2)cc1. The summed E-state index contributed by atoms with van der Waals surface area (Å²) in [7, 11) is -4.05. The first-order valence-electron chi connectivity index (χ1n) is 11.7. The van der Waals surface area contributed by atoms with Gasteiger partial charge in [-0.1, -0.05) is 48.0 Å². The number of aromatic nitrogens is 2. The summed E-state index contributed by atoms with van der Waals surface area (Å²) in [5.41, 5.74) is 4.77. The van der Waals surface area contributed by atoms with E-state index in [0.29, 0.717) is 23.6 Å². The molecule has 11 heteroatoms. The molecule has 0 saturated heterocycles. The van der Waals surface area contributed by atoms with Gasteiger partial charge in [0.05, 0.1) is 40.3 Å². The molecule has 0 radical (unpaired) electrons. The van der Waals surface area contributed by atoms with Gasteiger partial charge in [0, 0.05) is 0 Å². The second-order valence-electron chi connectivity index (χ2n) is 8.08. The van der Waals surface area contributed by atoms with E-state index < -0.39 is 22.5 Å². The molecule has 0 unspecified atom stereocenters. The Morgan fingerprint density at radius 3 is 2.32 bits per heavy atom. The van der Waals surface area contributed by atoms with Crippen LogP contribution in [0, 0.1) is 6.92 Å². The summed E-state index contributed by atoms with van der Waals surface area (Å²) in [6, 6.07) is 23.8. The van der Waals surface area contributed by atoms with E-state index in [4.69, 9.17) is 16.3 Å². The maximum Gasteiger partial charge on any atom is 0.264 e. The highest BCUT2D eigenvalue weighted by Gasteiger charge is 2.27. The van der Waals surface area contributed by atoms with Gasteiger partial charge in [-0.3, -0.25) is 9.10 Å². The Morgan fingerprint density at radius 2 is 1.68 bits per heavy atom. The number of carbonyl (C=O) groups is 1. The number of anilines is 1. The van der Waals surface area contributed by atoms with Crippen LogP contribution in [-0.2, 0) is 14.8 Å². The fourth-order valence-corrected chi connectivity index (χ4v) is 5.40. The lowest BCUT2D eigenvalue weighted by atomic mass is 10.2. The molecule has 1 aromatic heterocycles. The lowest BCUT2D eigenvalue weighted by Crippen LogP contribution is -2.39. The zero-order valence-corrected chi connectivity index (χ0v) is 22.4. The summed E-state index contributed by atoms with van der Waals surface area (Å²) in [6.07, 6.45) is 1.38. The predicted octanol–water partition coefficient (Wildman–Crippen LogP) is 4.58. The van der Waals surface area contributed by atoms with Gasteiger partial charge in [0.1, 0.15) is 12.3 Å². The Balaban J connectivity index is 1.55. The van der Waals surface area contributed by atoms with E-state index in [9.17, 15) is 13.2 Å². The van der Waals surface area contributed by atoms with Gasteiger partial charge < -0.3 is 4.74 Å². The third-order valence-electron chi connectivity index (χ3n) is 5.56. The van der Waals surface area contributed by atoms with E-state index in [2.05, 4.69) is 15.6 Å². The van der Waals surface area contributed by atoms with E-state index in [-0.39, 0.29) is 10.0 Å². The smallest absolute Gasteiger partial charge is 0.264 e. The maximum atomic E-state index is 13.4. The van der Waals surface area contributed by atoms with Crippen molar-refractivity contribution >= 4 is 39.4 Å². The number of halogens is 1. The van der Waals surface area contributed by atoms with Gasteiger partial charge in [-0.05, 0) is 62.4 Å². The van der Waals surface area contributed by atoms with Crippen molar-refractivity contribution in [1.82, 2.24) is 15.2 Å². The van der Waals surface area contributed by atoms with Crippen LogP contribution in [0.3, 0.4) is 0 Å². The Hall–Kier alpha value is -4.15. The number of hydrogen-bond acceptors (Lipinski definition) is 6. The van der Waals surface area contributed by atoms with Gasteiger partial charge in [-0.25, -0.2) is 18.5 Å². The maximum absolute atomic E-state index is 13.4. The Morgan fingerprint density at radius 1 is 1.05 bits per heavy atom. The molecule has 0 spiro atoms. The molecule has 4 rings (SSSR count). The normalized spacial score (nSPS) is 11.4. The van der Waals surface area contributed by atoms with Crippen molar-refractivity contribution in [3.63, 3.8) is 0 Å². The van der Waals surface area contributed by atoms with Gasteiger partial charge in [0.25, 0.3) is 15.9 Å². The van der Waals surface area contributed by atoms with Crippen molar-refractivity contribution in [2.75, 3.05) is 17.5 Å². The zero-order chi connectivity index (χ0) is 27.1. The van der Waals surface area contributed by atoms with Crippen molar-refractivity contribution in [2.45, 2.75) is 18.7 Å². The monoisotopic (exact) mass is 551 g/mol. The van der Waals surface area contributed by atoms with Crippen molar-refractivity contribution in [1.29, 1.82) is 0 Å². The highest BCUT2D eigenvalue weighted by atomic mass is 35.5. The molecule has 0 aliphatic carbocycles. The first-order valence-corrected chi connectivity index (χ1v) is 13.6. The Bertz CT molecular complexity index is 1520. The minimum absolute atomic E-state index is 0.0564. The highest BCUT2D eigenvalue weighted by molar-refractivity contribution is 7.92. The van der Waals surface area contributed by atoms with E-state index in [1.165, 1.54) is 18.3 Å². The molecule has 3 aromatic carbocycles. The molecule has 1 heterocycles. The van der Waals surface area contributed by atoms with Crippen LogP contribution < -0.4 is 14.5 Å². The Kier molecular flexibility index (Phi) is 8.45. The van der Waals surface area contributed by atoms with Gasteiger partial charge in [-0.15, -0.1) is 0 Å². The standard InChI is InChI=1S/C27H26ClN5O4S/c1-3-37-23-16-14-21(15-17-23)32(38(35,36)24-12-8-5-9-13-24)19-26(34)30-29-18-25-20(2)33(31-27(25)28)22-10-6-4-7-11-22/h4-18H,3,19H2,1-2H3,(H,30,34)/b29-18-. The minimum atomic E-state index is -4.05. The summed E-state index contributed by atoms with van der Waals surface area (Å²) in [5.74, 6) is -0.0514. The Labute approximate surface area is 226 Å². The summed E-state index contributed by atoms with van der Waals surface area (Å²) in [6.45, 7) is 3.65. The number of nitrogens with zero attached hydrogens (tertiary/aromatic N) is 4. The number of ether oxygens (including phenoxy) is 1. The van der Waals surface area contributed by atoms with Crippen LogP contribution in [0.25, 0.3) is 5.69 Å². The van der Waals surface area contributed by atoms with Crippen LogP contribution >= 0.6 is 11.6 Å². The molecule has 0 aliphatic rings. The van der Waals surface area contributed by atoms with Gasteiger partial charge >= 0.3 is 0 Å². The predicted molar refractivity (Wildman–Crippen MR) is 148 cm³/mol. The fourth-order valence-electron chi connectivity index (χ4n) is 3.69. The molecule has 196 valence electrons. The number of sulfonamides is 1. The molecule has 1 N–H and O–H groups in total. The lowest BCUT2D eigenvalue weighted by Gasteiger charge is -2.24. The van der Waals surface area contributed by atoms with Crippen LogP contribution in [0.15, 0.2) is 94.9 Å². The summed E-state index contributed by atoms with van der Waals surface area (Å²) in [5, 5.41) is 8.55. The number of nitrogens with one attached hydrogen (secondary N) is 1. The summed E-state index contributed by atoms with van der Waals surface area (Å²) < 4.78 is 35.0. The van der Waals surface area contributed by atoms with Crippen molar-refractivity contribution in [2.24, 2.45) is 5.10 Å². The molecule has 38 heavy (non-hydrogen) atoms. The number of amides is 1. The second kappa shape index (κ2) is 11.9. The van der Waals surface area contributed by atoms with Crippen LogP contribution in [0.1, 0.15) is 18.2 Å². The van der Waals surface area contributed by atoms with Gasteiger partial charge in [-0.2, -0.15) is 10.2 Å². The van der Waals surface area contributed by atoms with Gasteiger partial charge in [0.15, 0.2) is 5.15 Å². The van der Waals surface area contributed by atoms with Crippen molar-refractivity contribution in [3.8, 4) is 11.4 Å². The van der Waals surface area contributed by atoms with E-state index >= 15 is 0 Å². The topological polar surface area (TPSA) is 106 Å². The minimum Gasteiger partial charge on any atom is -0.494 e. The zero-order valence-electron chi connectivity index (χ0n) is 20.8. The van der Waals surface area contributed by atoms with E-state index in [1.807, 2.05) is 44.2 Å². The first-order chi connectivity index (χ1) is 18.3. The molecular weight excluding hydrogens is 526 g/mol. The number of benzene rings is 3. The van der Waals surface area contributed by atoms with Crippen molar-refractivity contribution in [3.05, 3.63) is 101 Å². The summed E-state index contributed by atoms with van der Waals surface area (Å²) >= 11 is 6.31.